The van der Waals surface area contributed by atoms with E-state index in [0.29, 0.717) is 6.42 Å². The summed E-state index contributed by atoms with van der Waals surface area (Å²) < 4.78 is 30.6. The van der Waals surface area contributed by atoms with E-state index in [-0.39, 0.29) is 29.5 Å². The maximum absolute atomic E-state index is 13.0. The van der Waals surface area contributed by atoms with Crippen LogP contribution in [0.5, 0.6) is 0 Å². The summed E-state index contributed by atoms with van der Waals surface area (Å²) in [6.07, 6.45) is 0.150. The molecular formula is C24H23NO5S. The number of benzene rings is 3. The fourth-order valence-corrected chi connectivity index (χ4v) is 5.24. The van der Waals surface area contributed by atoms with Crippen molar-refractivity contribution in [2.75, 3.05) is 12.9 Å². The van der Waals surface area contributed by atoms with Gasteiger partial charge in [-0.1, -0.05) is 54.6 Å². The Hall–Kier alpha value is -3.19. The van der Waals surface area contributed by atoms with Crippen molar-refractivity contribution in [3.63, 3.8) is 0 Å². The van der Waals surface area contributed by atoms with Crippen molar-refractivity contribution in [2.24, 2.45) is 0 Å². The number of amides is 1. The topological polar surface area (TPSA) is 80.8 Å². The third-order valence-corrected chi connectivity index (χ3v) is 7.42. The van der Waals surface area contributed by atoms with Crippen molar-refractivity contribution in [3.05, 3.63) is 77.9 Å². The number of carbonyl (C=O) groups excluding carboxylic acids is 2. The van der Waals surface area contributed by atoms with Gasteiger partial charge in [-0.25, -0.2) is 13.2 Å². The Kier molecular flexibility index (Phi) is 5.78. The minimum atomic E-state index is -3.65. The first kappa shape index (κ1) is 21.1. The molecule has 0 radical (unpaired) electrons. The molecule has 3 aromatic carbocycles. The van der Waals surface area contributed by atoms with E-state index in [1.165, 1.54) is 12.0 Å². The monoisotopic (exact) mass is 437 g/mol. The van der Waals surface area contributed by atoms with E-state index in [1.807, 2.05) is 48.5 Å². The van der Waals surface area contributed by atoms with Gasteiger partial charge in [-0.05, 0) is 34.0 Å². The van der Waals surface area contributed by atoms with Crippen LogP contribution in [-0.4, -0.2) is 44.1 Å². The molecule has 7 heteroatoms. The van der Waals surface area contributed by atoms with Crippen molar-refractivity contribution in [2.45, 2.75) is 30.3 Å². The molecule has 0 aliphatic carbocycles. The van der Waals surface area contributed by atoms with Crippen LogP contribution in [0.15, 0.2) is 71.6 Å². The van der Waals surface area contributed by atoms with Crippen LogP contribution in [0.2, 0.25) is 0 Å². The predicted octanol–water partition coefficient (Wildman–Crippen LogP) is 3.13. The average molecular weight is 438 g/mol. The molecule has 31 heavy (non-hydrogen) atoms. The summed E-state index contributed by atoms with van der Waals surface area (Å²) in [6.45, 7) is 0.255. The Bertz CT molecular complexity index is 1250. The smallest absolute Gasteiger partial charge is 0.328 e. The number of nitrogens with zero attached hydrogens (tertiary/aromatic N) is 1. The van der Waals surface area contributed by atoms with Crippen LogP contribution in [0.3, 0.4) is 0 Å². The van der Waals surface area contributed by atoms with Crippen LogP contribution >= 0.6 is 0 Å². The second-order valence-corrected chi connectivity index (χ2v) is 9.72. The van der Waals surface area contributed by atoms with Crippen molar-refractivity contribution in [3.8, 4) is 0 Å². The second-order valence-electron chi connectivity index (χ2n) is 7.61. The minimum absolute atomic E-state index is 0.188. The Balaban J connectivity index is 1.52. The number of sulfone groups is 1. The molecule has 0 bridgehead atoms. The molecular weight excluding hydrogens is 414 g/mol. The highest BCUT2D eigenvalue weighted by Crippen LogP contribution is 2.26. The van der Waals surface area contributed by atoms with Crippen LogP contribution in [0, 0.1) is 0 Å². The van der Waals surface area contributed by atoms with Crippen LogP contribution in [-0.2, 0) is 37.1 Å². The largest absolute Gasteiger partial charge is 0.467 e. The van der Waals surface area contributed by atoms with E-state index < -0.39 is 21.8 Å². The molecule has 6 nitrogen and oxygen atoms in total. The molecule has 1 aliphatic heterocycles. The summed E-state index contributed by atoms with van der Waals surface area (Å²) in [5, 5.41) is 1.78. The van der Waals surface area contributed by atoms with Gasteiger partial charge in [0.25, 0.3) is 0 Å². The zero-order chi connectivity index (χ0) is 22.0. The lowest BCUT2D eigenvalue weighted by Crippen LogP contribution is -2.49. The van der Waals surface area contributed by atoms with Gasteiger partial charge >= 0.3 is 5.97 Å². The molecule has 0 saturated heterocycles. The Labute approximate surface area is 181 Å². The fraction of sp³-hybridized carbons (Fsp3) is 0.250. The molecule has 3 aromatic rings. The van der Waals surface area contributed by atoms with Crippen molar-refractivity contribution in [1.29, 1.82) is 0 Å². The lowest BCUT2D eigenvalue weighted by atomic mass is 9.93. The molecule has 0 saturated carbocycles. The quantitative estimate of drug-likeness (QED) is 0.573. The first-order chi connectivity index (χ1) is 14.9. The number of rotatable bonds is 5. The number of carbonyl (C=O) groups is 2. The highest BCUT2D eigenvalue weighted by atomic mass is 32.2. The summed E-state index contributed by atoms with van der Waals surface area (Å²) >= 11 is 0. The number of esters is 1. The normalized spacial score (nSPS) is 16.0. The van der Waals surface area contributed by atoms with E-state index in [2.05, 4.69) is 0 Å². The molecule has 0 spiro atoms. The summed E-state index contributed by atoms with van der Waals surface area (Å²) in [5.41, 5.74) is 1.94. The number of hydrogen-bond donors (Lipinski definition) is 0. The van der Waals surface area contributed by atoms with E-state index in [9.17, 15) is 18.0 Å². The Morgan fingerprint density at radius 1 is 0.968 bits per heavy atom. The lowest BCUT2D eigenvalue weighted by molar-refractivity contribution is -0.153. The van der Waals surface area contributed by atoms with E-state index in [4.69, 9.17) is 4.74 Å². The molecule has 0 unspecified atom stereocenters. The first-order valence-electron chi connectivity index (χ1n) is 10.0. The van der Waals surface area contributed by atoms with E-state index in [1.54, 1.807) is 18.2 Å². The van der Waals surface area contributed by atoms with E-state index >= 15 is 0 Å². The molecule has 0 fully saturated rings. The van der Waals surface area contributed by atoms with Gasteiger partial charge in [-0.3, -0.25) is 4.79 Å². The van der Waals surface area contributed by atoms with Gasteiger partial charge in [0.05, 0.1) is 17.8 Å². The molecule has 1 aliphatic rings. The van der Waals surface area contributed by atoms with Crippen LogP contribution < -0.4 is 0 Å². The maximum atomic E-state index is 13.0. The van der Waals surface area contributed by atoms with E-state index in [0.717, 1.165) is 21.9 Å². The number of ether oxygens (including phenoxy) is 1. The zero-order valence-electron chi connectivity index (χ0n) is 17.2. The molecule has 0 N–H and O–H groups in total. The third kappa shape index (κ3) is 4.32. The Morgan fingerprint density at radius 3 is 2.39 bits per heavy atom. The molecule has 4 rings (SSSR count). The first-order valence-corrected chi connectivity index (χ1v) is 11.7. The van der Waals surface area contributed by atoms with Crippen molar-refractivity contribution in [1.82, 2.24) is 4.90 Å². The standard InChI is InChI=1S/C24H23NO5S/c1-30-24(27)22-15-19-8-4-5-9-20(19)16-25(22)23(26)12-13-31(28,29)21-11-10-17-6-2-3-7-18(17)14-21/h2-11,14,22H,12-13,15-16H2,1H3/t22-/m0/s1. The summed E-state index contributed by atoms with van der Waals surface area (Å²) in [7, 11) is -2.37. The molecule has 160 valence electrons. The van der Waals surface area contributed by atoms with Crippen molar-refractivity contribution >= 4 is 32.5 Å². The van der Waals surface area contributed by atoms with Gasteiger partial charge in [0.15, 0.2) is 9.84 Å². The van der Waals surface area contributed by atoms with Gasteiger partial charge in [0.2, 0.25) is 5.91 Å². The third-order valence-electron chi connectivity index (χ3n) is 5.71. The van der Waals surface area contributed by atoms with Crippen LogP contribution in [0.4, 0.5) is 0 Å². The van der Waals surface area contributed by atoms with Gasteiger partial charge in [0, 0.05) is 19.4 Å². The summed E-state index contributed by atoms with van der Waals surface area (Å²) in [6, 6.07) is 19.3. The van der Waals surface area contributed by atoms with Gasteiger partial charge in [-0.2, -0.15) is 0 Å². The highest BCUT2D eigenvalue weighted by Gasteiger charge is 2.35. The van der Waals surface area contributed by atoms with Crippen LogP contribution in [0.25, 0.3) is 10.8 Å². The maximum Gasteiger partial charge on any atom is 0.328 e. The lowest BCUT2D eigenvalue weighted by Gasteiger charge is -2.35. The summed E-state index contributed by atoms with van der Waals surface area (Å²) in [4.78, 5) is 26.9. The molecule has 0 aromatic heterocycles. The Morgan fingerprint density at radius 2 is 1.65 bits per heavy atom. The molecule has 1 heterocycles. The number of hydrogen-bond acceptors (Lipinski definition) is 5. The number of fused-ring (bicyclic) bond motifs is 2. The predicted molar refractivity (Wildman–Crippen MR) is 117 cm³/mol. The average Bonchev–Trinajstić information content (AvgIpc) is 2.80. The van der Waals surface area contributed by atoms with Crippen molar-refractivity contribution < 1.29 is 22.7 Å². The number of methoxy groups -OCH3 is 1. The van der Waals surface area contributed by atoms with Crippen LogP contribution in [0.1, 0.15) is 17.5 Å². The van der Waals surface area contributed by atoms with Gasteiger partial charge < -0.3 is 9.64 Å². The fourth-order valence-electron chi connectivity index (χ4n) is 3.98. The van der Waals surface area contributed by atoms with Gasteiger partial charge in [-0.15, -0.1) is 0 Å². The SMILES string of the molecule is COC(=O)[C@@H]1Cc2ccccc2CN1C(=O)CCS(=O)(=O)c1ccc2ccccc2c1. The minimum Gasteiger partial charge on any atom is -0.467 e. The van der Waals surface area contributed by atoms with Gasteiger partial charge in [0.1, 0.15) is 6.04 Å². The molecule has 1 atom stereocenters. The highest BCUT2D eigenvalue weighted by molar-refractivity contribution is 7.91. The zero-order valence-corrected chi connectivity index (χ0v) is 18.0. The summed E-state index contributed by atoms with van der Waals surface area (Å²) in [5.74, 6) is -1.20. The molecule has 1 amide bonds. The second kappa shape index (κ2) is 8.51.